The van der Waals surface area contributed by atoms with Crippen molar-refractivity contribution in [3.63, 3.8) is 0 Å². The third-order valence-electron chi connectivity index (χ3n) is 2.32. The van der Waals surface area contributed by atoms with E-state index in [4.69, 9.17) is 0 Å². The van der Waals surface area contributed by atoms with Gasteiger partial charge in [0.05, 0.1) is 6.20 Å². The molecular weight excluding hydrogens is 156 g/mol. The van der Waals surface area contributed by atoms with Crippen LogP contribution in [0.1, 0.15) is 18.5 Å². The minimum absolute atomic E-state index is 0.656. The number of hydrogen-bond acceptors (Lipinski definition) is 4. The highest BCUT2D eigenvalue weighted by molar-refractivity contribution is 5.07. The number of piperidine rings is 1. The molecule has 12 heavy (non-hydrogen) atoms. The Morgan fingerprint density at radius 3 is 2.75 bits per heavy atom. The first-order valence-corrected chi connectivity index (χ1v) is 4.11. The van der Waals surface area contributed by atoms with E-state index in [2.05, 4.69) is 20.7 Å². The molecule has 1 aromatic rings. The van der Waals surface area contributed by atoms with Gasteiger partial charge in [-0.15, -0.1) is 0 Å². The monoisotopic (exact) mass is 168 g/mol. The van der Waals surface area contributed by atoms with Crippen molar-refractivity contribution in [1.82, 2.24) is 20.7 Å². The number of nitrogens with one attached hydrogen (secondary N) is 2. The van der Waals surface area contributed by atoms with Gasteiger partial charge in [0.2, 0.25) is 0 Å². The Kier molecular flexibility index (Phi) is 1.82. The Labute approximate surface area is 70.2 Å². The number of aliphatic hydroxyl groups is 1. The Bertz CT molecular complexity index is 240. The van der Waals surface area contributed by atoms with Crippen LogP contribution < -0.4 is 5.32 Å². The second kappa shape index (κ2) is 2.84. The molecule has 0 aliphatic carbocycles. The summed E-state index contributed by atoms with van der Waals surface area (Å²) in [5.41, 5.74) is -0.109. The molecule has 1 aliphatic rings. The molecule has 0 unspecified atom stereocenters. The van der Waals surface area contributed by atoms with E-state index in [1.807, 2.05) is 0 Å². The fourth-order valence-electron chi connectivity index (χ4n) is 1.52. The fraction of sp³-hybridized carbons (Fsp3) is 0.714. The average Bonchev–Trinajstić information content (AvgIpc) is 2.58. The quantitative estimate of drug-likeness (QED) is 0.522. The van der Waals surface area contributed by atoms with Crippen molar-refractivity contribution in [3.8, 4) is 0 Å². The van der Waals surface area contributed by atoms with E-state index >= 15 is 0 Å². The number of rotatable bonds is 1. The molecular formula is C7H12N4O. The van der Waals surface area contributed by atoms with Crippen LogP contribution in [-0.2, 0) is 5.60 Å². The van der Waals surface area contributed by atoms with Crippen LogP contribution in [0, 0.1) is 0 Å². The number of aromatic amines is 1. The van der Waals surface area contributed by atoms with Crippen LogP contribution >= 0.6 is 0 Å². The van der Waals surface area contributed by atoms with Crippen molar-refractivity contribution in [3.05, 3.63) is 11.9 Å². The highest BCUT2D eigenvalue weighted by atomic mass is 16.3. The molecule has 0 bridgehead atoms. The van der Waals surface area contributed by atoms with E-state index in [1.165, 1.54) is 0 Å². The maximum absolute atomic E-state index is 10.1. The summed E-state index contributed by atoms with van der Waals surface area (Å²) in [5.74, 6) is 0. The normalized spacial score (nSPS) is 22.4. The van der Waals surface area contributed by atoms with Crippen LogP contribution in [0.3, 0.4) is 0 Å². The first kappa shape index (κ1) is 7.70. The molecule has 1 aromatic heterocycles. The van der Waals surface area contributed by atoms with Crippen molar-refractivity contribution in [2.45, 2.75) is 18.4 Å². The van der Waals surface area contributed by atoms with Crippen LogP contribution in [0.25, 0.3) is 0 Å². The molecule has 66 valence electrons. The molecule has 0 atom stereocenters. The van der Waals surface area contributed by atoms with E-state index in [-0.39, 0.29) is 0 Å². The van der Waals surface area contributed by atoms with Gasteiger partial charge >= 0.3 is 0 Å². The Morgan fingerprint density at radius 1 is 1.42 bits per heavy atom. The SMILES string of the molecule is OC1(c2cn[nH]n2)CCNCC1. The molecule has 0 saturated carbocycles. The van der Waals surface area contributed by atoms with Gasteiger partial charge in [-0.25, -0.2) is 0 Å². The maximum Gasteiger partial charge on any atom is 0.114 e. The van der Waals surface area contributed by atoms with Gasteiger partial charge in [0.25, 0.3) is 0 Å². The van der Waals surface area contributed by atoms with Gasteiger partial charge in [-0.1, -0.05) is 0 Å². The third kappa shape index (κ3) is 1.21. The number of aromatic nitrogens is 3. The molecule has 0 amide bonds. The summed E-state index contributed by atoms with van der Waals surface area (Å²) in [6, 6.07) is 0. The molecule has 5 nitrogen and oxygen atoms in total. The standard InChI is InChI=1S/C7H12N4O/c12-7(1-3-8-4-2-7)6-5-9-11-10-6/h5,8,12H,1-4H2,(H,9,10,11). The zero-order chi connectivity index (χ0) is 8.44. The van der Waals surface area contributed by atoms with Gasteiger partial charge in [0.1, 0.15) is 11.3 Å². The van der Waals surface area contributed by atoms with Crippen molar-refractivity contribution in [2.75, 3.05) is 13.1 Å². The summed E-state index contributed by atoms with van der Waals surface area (Å²) in [6.45, 7) is 1.67. The molecule has 3 N–H and O–H groups in total. The molecule has 2 heterocycles. The van der Waals surface area contributed by atoms with Crippen molar-refractivity contribution >= 4 is 0 Å². The topological polar surface area (TPSA) is 73.8 Å². The van der Waals surface area contributed by atoms with Crippen LogP contribution in [-0.4, -0.2) is 33.6 Å². The van der Waals surface area contributed by atoms with E-state index in [1.54, 1.807) is 6.20 Å². The van der Waals surface area contributed by atoms with Gasteiger partial charge in [-0.3, -0.25) is 0 Å². The van der Waals surface area contributed by atoms with Crippen LogP contribution in [0.15, 0.2) is 6.20 Å². The lowest BCUT2D eigenvalue weighted by Gasteiger charge is -2.30. The largest absolute Gasteiger partial charge is 0.383 e. The summed E-state index contributed by atoms with van der Waals surface area (Å²) < 4.78 is 0. The molecule has 1 aliphatic heterocycles. The molecule has 0 spiro atoms. The summed E-state index contributed by atoms with van der Waals surface area (Å²) in [7, 11) is 0. The van der Waals surface area contributed by atoms with Gasteiger partial charge in [-0.2, -0.15) is 15.4 Å². The minimum atomic E-state index is -0.766. The van der Waals surface area contributed by atoms with Crippen molar-refractivity contribution in [1.29, 1.82) is 0 Å². The molecule has 1 fully saturated rings. The number of nitrogens with zero attached hydrogens (tertiary/aromatic N) is 2. The zero-order valence-corrected chi connectivity index (χ0v) is 6.75. The fourth-order valence-corrected chi connectivity index (χ4v) is 1.52. The summed E-state index contributed by atoms with van der Waals surface area (Å²) in [6.07, 6.45) is 3.00. The lowest BCUT2D eigenvalue weighted by molar-refractivity contribution is 0.00180. The van der Waals surface area contributed by atoms with Gasteiger partial charge in [0, 0.05) is 0 Å². The van der Waals surface area contributed by atoms with Gasteiger partial charge in [0.15, 0.2) is 0 Å². The van der Waals surface area contributed by atoms with Crippen LogP contribution in [0.5, 0.6) is 0 Å². The van der Waals surface area contributed by atoms with Crippen molar-refractivity contribution in [2.24, 2.45) is 0 Å². The molecule has 0 aromatic carbocycles. The summed E-state index contributed by atoms with van der Waals surface area (Å²) in [5, 5.41) is 23.3. The smallest absolute Gasteiger partial charge is 0.114 e. The minimum Gasteiger partial charge on any atom is -0.383 e. The Balaban J connectivity index is 2.19. The van der Waals surface area contributed by atoms with Crippen LogP contribution in [0.4, 0.5) is 0 Å². The van der Waals surface area contributed by atoms with E-state index in [0.29, 0.717) is 18.5 Å². The van der Waals surface area contributed by atoms with E-state index in [9.17, 15) is 5.11 Å². The molecule has 2 rings (SSSR count). The van der Waals surface area contributed by atoms with E-state index in [0.717, 1.165) is 13.1 Å². The lowest BCUT2D eigenvalue weighted by Crippen LogP contribution is -2.39. The summed E-state index contributed by atoms with van der Waals surface area (Å²) >= 11 is 0. The summed E-state index contributed by atoms with van der Waals surface area (Å²) in [4.78, 5) is 0. The Hall–Kier alpha value is -0.940. The highest BCUT2D eigenvalue weighted by Gasteiger charge is 2.33. The Morgan fingerprint density at radius 2 is 2.17 bits per heavy atom. The zero-order valence-electron chi connectivity index (χ0n) is 6.75. The molecule has 0 radical (unpaired) electrons. The maximum atomic E-state index is 10.1. The highest BCUT2D eigenvalue weighted by Crippen LogP contribution is 2.27. The first-order chi connectivity index (χ1) is 5.81. The molecule has 1 saturated heterocycles. The van der Waals surface area contributed by atoms with Crippen molar-refractivity contribution < 1.29 is 5.11 Å². The molecule has 5 heteroatoms. The van der Waals surface area contributed by atoms with Gasteiger partial charge in [-0.05, 0) is 25.9 Å². The second-order valence-corrected chi connectivity index (χ2v) is 3.14. The first-order valence-electron chi connectivity index (χ1n) is 4.11. The number of hydrogen-bond donors (Lipinski definition) is 3. The second-order valence-electron chi connectivity index (χ2n) is 3.14. The third-order valence-corrected chi connectivity index (χ3v) is 2.32. The lowest BCUT2D eigenvalue weighted by atomic mass is 9.90. The number of H-pyrrole nitrogens is 1. The predicted molar refractivity (Wildman–Crippen MR) is 42.4 cm³/mol. The average molecular weight is 168 g/mol. The van der Waals surface area contributed by atoms with Crippen LogP contribution in [0.2, 0.25) is 0 Å². The predicted octanol–water partition coefficient (Wildman–Crippen LogP) is -0.624. The van der Waals surface area contributed by atoms with Gasteiger partial charge < -0.3 is 10.4 Å². The van der Waals surface area contributed by atoms with E-state index < -0.39 is 5.60 Å².